The summed E-state index contributed by atoms with van der Waals surface area (Å²) < 4.78 is 0. The minimum absolute atomic E-state index is 0.188. The minimum Gasteiger partial charge on any atom is -0.334 e. The van der Waals surface area contributed by atoms with Gasteiger partial charge in [0, 0.05) is 18.8 Å². The molecule has 1 N–H and O–H groups in total. The van der Waals surface area contributed by atoms with E-state index in [9.17, 15) is 9.59 Å². The van der Waals surface area contributed by atoms with Crippen LogP contribution in [0.1, 0.15) is 28.5 Å². The fraction of sp³-hybridized carbons (Fsp3) is 0.250. The molecular weight excluding hydrogens is 252 g/mol. The Morgan fingerprint density at radius 3 is 2.45 bits per heavy atom. The average molecular weight is 270 g/mol. The van der Waals surface area contributed by atoms with Crippen molar-refractivity contribution in [1.82, 2.24) is 9.88 Å². The Morgan fingerprint density at radius 1 is 1.15 bits per heavy atom. The summed E-state index contributed by atoms with van der Waals surface area (Å²) in [6, 6.07) is 13.1. The summed E-state index contributed by atoms with van der Waals surface area (Å²) in [6.45, 7) is 4.75. The van der Waals surface area contributed by atoms with Gasteiger partial charge in [0.2, 0.25) is 0 Å². The lowest BCUT2D eigenvalue weighted by Crippen LogP contribution is -2.34. The molecule has 0 bridgehead atoms. The number of hydrogen-bond acceptors (Lipinski definition) is 2. The Bertz CT molecular complexity index is 647. The maximum absolute atomic E-state index is 12.4. The van der Waals surface area contributed by atoms with Crippen LogP contribution in [0.4, 0.5) is 0 Å². The number of H-pyrrole nitrogens is 1. The Balaban J connectivity index is 2.23. The van der Waals surface area contributed by atoms with Crippen LogP contribution in [0.25, 0.3) is 0 Å². The number of aromatic nitrogens is 1. The summed E-state index contributed by atoms with van der Waals surface area (Å²) in [5, 5.41) is 0. The second-order valence-electron chi connectivity index (χ2n) is 4.69. The number of pyridine rings is 1. The number of carbonyl (C=O) groups excluding carboxylic acids is 1. The molecule has 0 aliphatic carbocycles. The van der Waals surface area contributed by atoms with Crippen molar-refractivity contribution in [2.75, 3.05) is 6.54 Å². The van der Waals surface area contributed by atoms with Gasteiger partial charge in [-0.1, -0.05) is 30.3 Å². The van der Waals surface area contributed by atoms with E-state index in [2.05, 4.69) is 4.98 Å². The van der Waals surface area contributed by atoms with Gasteiger partial charge in [0.05, 0.1) is 0 Å². The van der Waals surface area contributed by atoms with Gasteiger partial charge in [0.15, 0.2) is 0 Å². The van der Waals surface area contributed by atoms with E-state index in [0.717, 1.165) is 11.3 Å². The molecule has 4 nitrogen and oxygen atoms in total. The largest absolute Gasteiger partial charge is 0.334 e. The van der Waals surface area contributed by atoms with Gasteiger partial charge in [-0.3, -0.25) is 9.59 Å². The highest BCUT2D eigenvalue weighted by atomic mass is 16.2. The molecule has 1 amide bonds. The summed E-state index contributed by atoms with van der Waals surface area (Å²) in [4.78, 5) is 28.6. The number of aromatic amines is 1. The number of nitrogens with zero attached hydrogens (tertiary/aromatic N) is 1. The fourth-order valence-electron chi connectivity index (χ4n) is 2.04. The molecule has 20 heavy (non-hydrogen) atoms. The van der Waals surface area contributed by atoms with Gasteiger partial charge in [-0.15, -0.1) is 0 Å². The first-order chi connectivity index (χ1) is 9.61. The summed E-state index contributed by atoms with van der Waals surface area (Å²) in [6.07, 6.45) is 0. The van der Waals surface area contributed by atoms with Crippen LogP contribution in [-0.4, -0.2) is 22.3 Å². The van der Waals surface area contributed by atoms with Crippen molar-refractivity contribution in [3.05, 3.63) is 69.6 Å². The van der Waals surface area contributed by atoms with E-state index in [1.54, 1.807) is 24.0 Å². The summed E-state index contributed by atoms with van der Waals surface area (Å²) >= 11 is 0. The third-order valence-corrected chi connectivity index (χ3v) is 3.17. The Morgan fingerprint density at radius 2 is 1.85 bits per heavy atom. The second-order valence-corrected chi connectivity index (χ2v) is 4.69. The van der Waals surface area contributed by atoms with E-state index in [1.807, 2.05) is 37.3 Å². The number of nitrogens with one attached hydrogen (secondary N) is 1. The Hall–Kier alpha value is -2.36. The fourth-order valence-corrected chi connectivity index (χ4v) is 2.04. The molecule has 4 heteroatoms. The standard InChI is InChI=1S/C16H18N2O2/c1-3-18(11-13-7-5-4-6-8-13)16(20)14-10-9-12(2)17-15(14)19/h4-10H,3,11H2,1-2H3,(H,17,19). The molecular formula is C16H18N2O2. The van der Waals surface area contributed by atoms with Gasteiger partial charge < -0.3 is 9.88 Å². The van der Waals surface area contributed by atoms with Crippen LogP contribution in [0, 0.1) is 6.92 Å². The van der Waals surface area contributed by atoms with Crippen LogP contribution in [0.15, 0.2) is 47.3 Å². The van der Waals surface area contributed by atoms with Gasteiger partial charge in [0.25, 0.3) is 11.5 Å². The van der Waals surface area contributed by atoms with Crippen LogP contribution in [0.5, 0.6) is 0 Å². The molecule has 2 rings (SSSR count). The zero-order valence-electron chi connectivity index (χ0n) is 11.7. The van der Waals surface area contributed by atoms with Crippen molar-refractivity contribution in [3.63, 3.8) is 0 Å². The molecule has 0 unspecified atom stereocenters. The first kappa shape index (κ1) is 14.1. The van der Waals surface area contributed by atoms with Crippen molar-refractivity contribution < 1.29 is 4.79 Å². The summed E-state index contributed by atoms with van der Waals surface area (Å²) in [7, 11) is 0. The van der Waals surface area contributed by atoms with Crippen LogP contribution in [-0.2, 0) is 6.54 Å². The van der Waals surface area contributed by atoms with E-state index in [1.165, 1.54) is 0 Å². The maximum atomic E-state index is 12.4. The van der Waals surface area contributed by atoms with Gasteiger partial charge in [-0.05, 0) is 31.5 Å². The Kier molecular flexibility index (Phi) is 4.35. The van der Waals surface area contributed by atoms with Crippen LogP contribution < -0.4 is 5.56 Å². The Labute approximate surface area is 118 Å². The third kappa shape index (κ3) is 3.15. The maximum Gasteiger partial charge on any atom is 0.260 e. The zero-order chi connectivity index (χ0) is 14.5. The molecule has 1 heterocycles. The van der Waals surface area contributed by atoms with Crippen molar-refractivity contribution in [2.45, 2.75) is 20.4 Å². The van der Waals surface area contributed by atoms with Gasteiger partial charge in [-0.2, -0.15) is 0 Å². The molecule has 104 valence electrons. The smallest absolute Gasteiger partial charge is 0.260 e. The molecule has 1 aromatic heterocycles. The molecule has 0 spiro atoms. The number of aryl methyl sites for hydroxylation is 1. The lowest BCUT2D eigenvalue weighted by Gasteiger charge is -2.20. The number of amides is 1. The summed E-state index contributed by atoms with van der Waals surface area (Å²) in [5.74, 6) is -0.238. The van der Waals surface area contributed by atoms with Gasteiger partial charge in [0.1, 0.15) is 5.56 Å². The van der Waals surface area contributed by atoms with Crippen LogP contribution in [0.3, 0.4) is 0 Å². The van der Waals surface area contributed by atoms with Crippen molar-refractivity contribution in [2.24, 2.45) is 0 Å². The molecule has 2 aromatic rings. The number of rotatable bonds is 4. The monoisotopic (exact) mass is 270 g/mol. The molecule has 0 atom stereocenters. The van der Waals surface area contributed by atoms with E-state index in [4.69, 9.17) is 0 Å². The molecule has 0 radical (unpaired) electrons. The van der Waals surface area contributed by atoms with E-state index < -0.39 is 0 Å². The van der Waals surface area contributed by atoms with Gasteiger partial charge >= 0.3 is 0 Å². The van der Waals surface area contributed by atoms with Crippen molar-refractivity contribution in [3.8, 4) is 0 Å². The second kappa shape index (κ2) is 6.19. The average Bonchev–Trinajstić information content (AvgIpc) is 2.45. The molecule has 0 aliphatic rings. The first-order valence-corrected chi connectivity index (χ1v) is 6.65. The van der Waals surface area contributed by atoms with Crippen LogP contribution >= 0.6 is 0 Å². The SMILES string of the molecule is CCN(Cc1ccccc1)C(=O)c1ccc(C)[nH]c1=O. The highest BCUT2D eigenvalue weighted by Gasteiger charge is 2.17. The molecule has 0 fully saturated rings. The predicted molar refractivity (Wildman–Crippen MR) is 78.7 cm³/mol. The van der Waals surface area contributed by atoms with E-state index in [-0.39, 0.29) is 17.0 Å². The summed E-state index contributed by atoms with van der Waals surface area (Å²) in [5.41, 5.74) is 1.65. The van der Waals surface area contributed by atoms with Gasteiger partial charge in [-0.25, -0.2) is 0 Å². The zero-order valence-corrected chi connectivity index (χ0v) is 11.7. The first-order valence-electron chi connectivity index (χ1n) is 6.65. The molecule has 0 saturated heterocycles. The predicted octanol–water partition coefficient (Wildman–Crippen LogP) is 2.35. The normalized spacial score (nSPS) is 10.3. The number of carbonyl (C=O) groups is 1. The highest BCUT2D eigenvalue weighted by molar-refractivity contribution is 5.93. The van der Waals surface area contributed by atoms with Crippen LogP contribution in [0.2, 0.25) is 0 Å². The molecule has 1 aromatic carbocycles. The highest BCUT2D eigenvalue weighted by Crippen LogP contribution is 2.07. The minimum atomic E-state index is -0.332. The quantitative estimate of drug-likeness (QED) is 0.927. The van der Waals surface area contributed by atoms with E-state index in [0.29, 0.717) is 13.1 Å². The van der Waals surface area contributed by atoms with Crippen molar-refractivity contribution >= 4 is 5.91 Å². The topological polar surface area (TPSA) is 53.2 Å². The molecule has 0 saturated carbocycles. The number of hydrogen-bond donors (Lipinski definition) is 1. The lowest BCUT2D eigenvalue weighted by molar-refractivity contribution is 0.0751. The van der Waals surface area contributed by atoms with E-state index >= 15 is 0 Å². The number of benzene rings is 1. The molecule has 0 aliphatic heterocycles. The third-order valence-electron chi connectivity index (χ3n) is 3.17. The van der Waals surface area contributed by atoms with Crippen molar-refractivity contribution in [1.29, 1.82) is 0 Å². The lowest BCUT2D eigenvalue weighted by atomic mass is 10.2.